The molecule has 9 heteroatoms. The molecule has 2 aliphatic rings. The van der Waals surface area contributed by atoms with Gasteiger partial charge in [0, 0.05) is 34.3 Å². The van der Waals surface area contributed by atoms with Crippen molar-refractivity contribution in [3.05, 3.63) is 40.1 Å². The minimum Gasteiger partial charge on any atom is -0.434 e. The molecule has 2 heterocycles. The number of benzene rings is 1. The number of nitrogens with zero attached hydrogens (tertiary/aromatic N) is 3. The van der Waals surface area contributed by atoms with Gasteiger partial charge in [-0.2, -0.15) is 0 Å². The first-order valence-corrected chi connectivity index (χ1v) is 11.2. The summed E-state index contributed by atoms with van der Waals surface area (Å²) >= 11 is 0. The number of piperidine rings is 1. The second-order valence-electron chi connectivity index (χ2n) is 8.73. The molecule has 33 heavy (non-hydrogen) atoms. The van der Waals surface area contributed by atoms with E-state index in [9.17, 15) is 9.59 Å². The highest BCUT2D eigenvalue weighted by molar-refractivity contribution is 6.23. The molecule has 0 bridgehead atoms. The van der Waals surface area contributed by atoms with E-state index in [0.717, 1.165) is 22.3 Å². The van der Waals surface area contributed by atoms with Crippen LogP contribution in [0.2, 0.25) is 0 Å². The zero-order valence-corrected chi connectivity index (χ0v) is 20.7. The van der Waals surface area contributed by atoms with Crippen molar-refractivity contribution in [3.63, 3.8) is 0 Å². The average Bonchev–Trinajstić information content (AvgIpc) is 2.94. The Kier molecular flexibility index (Phi) is 7.79. The highest BCUT2D eigenvalue weighted by atomic mass is 16.8. The molecule has 0 atom stereocenters. The Bertz CT molecular complexity index is 911. The lowest BCUT2D eigenvalue weighted by Gasteiger charge is -2.45. The highest BCUT2D eigenvalue weighted by Crippen LogP contribution is 2.48. The number of hydrogen-bond donors (Lipinski definition) is 0. The predicted molar refractivity (Wildman–Crippen MR) is 123 cm³/mol. The normalized spacial score (nSPS) is 18.5. The average molecular weight is 462 g/mol. The number of hydrazine groups is 1. The summed E-state index contributed by atoms with van der Waals surface area (Å²) in [4.78, 5) is 32.2. The van der Waals surface area contributed by atoms with E-state index in [1.54, 1.807) is 6.92 Å². The Morgan fingerprint density at radius 3 is 2.24 bits per heavy atom. The van der Waals surface area contributed by atoms with Crippen molar-refractivity contribution >= 4 is 17.6 Å². The number of hydrogen-bond acceptors (Lipinski definition) is 8. The third-order valence-corrected chi connectivity index (χ3v) is 6.24. The van der Waals surface area contributed by atoms with Crippen molar-refractivity contribution < 1.29 is 28.6 Å². The van der Waals surface area contributed by atoms with E-state index >= 15 is 0 Å². The molecule has 3 rings (SSSR count). The molecule has 0 aliphatic carbocycles. The lowest BCUT2D eigenvalue weighted by molar-refractivity contribution is -0.253. The number of ether oxygens (including phenoxy) is 3. The fraction of sp³-hybridized carbons (Fsp3) is 0.583. The van der Waals surface area contributed by atoms with Gasteiger partial charge in [-0.15, -0.1) is 0 Å². The topological polar surface area (TPSA) is 80.8 Å². The molecule has 1 amide bonds. The van der Waals surface area contributed by atoms with Crippen LogP contribution < -0.4 is 0 Å². The zero-order valence-electron chi connectivity index (χ0n) is 20.7. The molecule has 1 aromatic carbocycles. The molecule has 1 spiro atoms. The van der Waals surface area contributed by atoms with Gasteiger partial charge in [0.2, 0.25) is 0 Å². The predicted octanol–water partition coefficient (Wildman–Crippen LogP) is 3.18. The van der Waals surface area contributed by atoms with Crippen molar-refractivity contribution in [1.82, 2.24) is 15.1 Å². The van der Waals surface area contributed by atoms with Crippen LogP contribution >= 0.6 is 0 Å². The van der Waals surface area contributed by atoms with Gasteiger partial charge in [-0.05, 0) is 57.2 Å². The fourth-order valence-corrected chi connectivity index (χ4v) is 4.87. The number of carbonyl (C=O) groups excluding carboxylic acids is 2. The largest absolute Gasteiger partial charge is 0.513 e. The summed E-state index contributed by atoms with van der Waals surface area (Å²) in [6.07, 6.45) is 0.203. The first-order chi connectivity index (χ1) is 15.7. The van der Waals surface area contributed by atoms with Gasteiger partial charge in [-0.25, -0.2) is 24.7 Å². The number of rotatable bonds is 7. The maximum Gasteiger partial charge on any atom is 0.513 e. The van der Waals surface area contributed by atoms with Crippen LogP contribution in [0, 0.1) is 20.8 Å². The van der Waals surface area contributed by atoms with Crippen molar-refractivity contribution in [1.29, 1.82) is 0 Å². The number of aryl methyl sites for hydroxylation is 3. The maximum atomic E-state index is 13.9. The van der Waals surface area contributed by atoms with Crippen molar-refractivity contribution in [3.8, 4) is 0 Å². The molecule has 0 N–H and O–H groups in total. The van der Waals surface area contributed by atoms with Crippen LogP contribution in [0.4, 0.5) is 4.79 Å². The summed E-state index contributed by atoms with van der Waals surface area (Å²) in [5.74, 6) is -0.0600. The van der Waals surface area contributed by atoms with Crippen LogP contribution in [-0.4, -0.2) is 80.4 Å². The van der Waals surface area contributed by atoms with Gasteiger partial charge in [0.15, 0.2) is 12.6 Å². The molecule has 182 valence electrons. The van der Waals surface area contributed by atoms with Gasteiger partial charge in [-0.3, -0.25) is 4.79 Å². The number of hydroxylamine groups is 2. The minimum absolute atomic E-state index is 0.100. The number of amides is 1. The van der Waals surface area contributed by atoms with Crippen LogP contribution in [0.15, 0.2) is 17.9 Å². The monoisotopic (exact) mass is 461 g/mol. The zero-order chi connectivity index (χ0) is 24.3. The van der Waals surface area contributed by atoms with Gasteiger partial charge in [0.25, 0.3) is 5.91 Å². The van der Waals surface area contributed by atoms with E-state index in [2.05, 4.69) is 5.01 Å². The standard InChI is InChI=1S/C24H35N3O6/c1-8-31-23(29)33-21-20(19-17(3)13-16(2)14-18(19)4)22(28)27(32-15-30-7)24(21)9-11-26(12-10-24)25(5)6/h13-14H,8-12,15H2,1-7H3. The minimum atomic E-state index is -0.950. The molecule has 0 unspecified atom stereocenters. The van der Waals surface area contributed by atoms with E-state index in [0.29, 0.717) is 31.5 Å². The van der Waals surface area contributed by atoms with Crippen LogP contribution in [0.1, 0.15) is 42.0 Å². The van der Waals surface area contributed by atoms with Gasteiger partial charge in [0.1, 0.15) is 5.54 Å². The Morgan fingerprint density at radius 1 is 1.12 bits per heavy atom. The highest BCUT2D eigenvalue weighted by Gasteiger charge is 2.57. The van der Waals surface area contributed by atoms with Gasteiger partial charge in [-0.1, -0.05) is 17.7 Å². The summed E-state index contributed by atoms with van der Waals surface area (Å²) in [7, 11) is 5.46. The molecule has 1 aromatic rings. The summed E-state index contributed by atoms with van der Waals surface area (Å²) in [6.45, 7) is 9.01. The number of methoxy groups -OCH3 is 1. The fourth-order valence-electron chi connectivity index (χ4n) is 4.87. The lowest BCUT2D eigenvalue weighted by Crippen LogP contribution is -2.57. The van der Waals surface area contributed by atoms with Crippen molar-refractivity contribution in [2.45, 2.75) is 46.1 Å². The maximum absolute atomic E-state index is 13.9. The summed E-state index contributed by atoms with van der Waals surface area (Å²) in [5, 5.41) is 5.55. The van der Waals surface area contributed by atoms with Crippen LogP contribution in [-0.2, 0) is 23.8 Å². The van der Waals surface area contributed by atoms with E-state index < -0.39 is 11.7 Å². The molecule has 1 saturated heterocycles. The van der Waals surface area contributed by atoms with Crippen LogP contribution in [0.5, 0.6) is 0 Å². The molecule has 0 saturated carbocycles. The Morgan fingerprint density at radius 2 is 1.73 bits per heavy atom. The van der Waals surface area contributed by atoms with Gasteiger partial charge in [0.05, 0.1) is 12.2 Å². The first-order valence-electron chi connectivity index (χ1n) is 11.2. The summed E-state index contributed by atoms with van der Waals surface area (Å²) in [6, 6.07) is 4.04. The molecule has 0 radical (unpaired) electrons. The van der Waals surface area contributed by atoms with Crippen LogP contribution in [0.3, 0.4) is 0 Å². The van der Waals surface area contributed by atoms with Crippen molar-refractivity contribution in [2.24, 2.45) is 0 Å². The molecule has 2 aliphatic heterocycles. The third kappa shape index (κ3) is 4.77. The Balaban J connectivity index is 2.20. The molecule has 9 nitrogen and oxygen atoms in total. The summed E-state index contributed by atoms with van der Waals surface area (Å²) < 4.78 is 16.1. The molecule has 1 fully saturated rings. The SMILES string of the molecule is CCOC(=O)OC1=C(c2c(C)cc(C)cc2C)C(=O)N(OCOC)C12CCN(N(C)C)CC2. The lowest BCUT2D eigenvalue weighted by atomic mass is 9.84. The van der Waals surface area contributed by atoms with E-state index in [-0.39, 0.29) is 25.1 Å². The molecular formula is C24H35N3O6. The molecular weight excluding hydrogens is 426 g/mol. The Hall–Kier alpha value is -2.46. The number of carbonyl (C=O) groups is 2. The van der Waals surface area contributed by atoms with Crippen molar-refractivity contribution in [2.75, 3.05) is 47.7 Å². The second-order valence-corrected chi connectivity index (χ2v) is 8.73. The van der Waals surface area contributed by atoms with Gasteiger partial charge < -0.3 is 14.2 Å². The van der Waals surface area contributed by atoms with E-state index in [1.165, 1.54) is 12.2 Å². The molecule has 0 aromatic heterocycles. The van der Waals surface area contributed by atoms with E-state index in [1.807, 2.05) is 52.0 Å². The second kappa shape index (κ2) is 10.2. The smallest absolute Gasteiger partial charge is 0.434 e. The first kappa shape index (κ1) is 25.2. The third-order valence-electron chi connectivity index (χ3n) is 6.24. The summed E-state index contributed by atoms with van der Waals surface area (Å²) in [5.41, 5.74) is 3.09. The quantitative estimate of drug-likeness (QED) is 0.452. The van der Waals surface area contributed by atoms with Crippen LogP contribution in [0.25, 0.3) is 5.57 Å². The Labute approximate surface area is 195 Å². The van der Waals surface area contributed by atoms with E-state index in [4.69, 9.17) is 19.0 Å². The van der Waals surface area contributed by atoms with Gasteiger partial charge >= 0.3 is 6.16 Å².